The van der Waals surface area contributed by atoms with Crippen molar-refractivity contribution >= 4 is 12.1 Å². The second-order valence-electron chi connectivity index (χ2n) is 6.76. The highest BCUT2D eigenvalue weighted by Gasteiger charge is 2.25. The van der Waals surface area contributed by atoms with Crippen LogP contribution in [-0.4, -0.2) is 28.8 Å². The van der Waals surface area contributed by atoms with Crippen LogP contribution >= 0.6 is 0 Å². The van der Waals surface area contributed by atoms with Gasteiger partial charge in [-0.05, 0) is 50.7 Å². The number of carbonyl (C=O) groups excluding carboxylic acids is 1. The summed E-state index contributed by atoms with van der Waals surface area (Å²) in [5.41, 5.74) is 1.53. The molecule has 5 heteroatoms. The maximum Gasteiger partial charge on any atom is 0.408 e. The Morgan fingerprint density at radius 3 is 2.32 bits per heavy atom. The average molecular weight is 305 g/mol. The van der Waals surface area contributed by atoms with E-state index in [1.54, 1.807) is 20.8 Å². The summed E-state index contributed by atoms with van der Waals surface area (Å²) in [6.45, 7) is 5.21. The smallest absolute Gasteiger partial charge is 0.408 e. The Morgan fingerprint density at radius 1 is 1.27 bits per heavy atom. The molecule has 0 saturated heterocycles. The van der Waals surface area contributed by atoms with Crippen molar-refractivity contribution in [2.75, 3.05) is 0 Å². The Kier molecular flexibility index (Phi) is 4.74. The first-order valence-corrected chi connectivity index (χ1v) is 7.56. The zero-order chi connectivity index (χ0) is 16.3. The van der Waals surface area contributed by atoms with E-state index in [0.717, 1.165) is 5.56 Å². The minimum atomic E-state index is -1.07. The molecule has 1 saturated carbocycles. The lowest BCUT2D eigenvalue weighted by atomic mass is 10.0. The average Bonchev–Trinajstić information content (AvgIpc) is 3.20. The third kappa shape index (κ3) is 5.06. The van der Waals surface area contributed by atoms with Crippen LogP contribution in [-0.2, 0) is 16.0 Å². The molecule has 1 aromatic carbocycles. The summed E-state index contributed by atoms with van der Waals surface area (Å²) in [6.07, 6.45) is 1.99. The van der Waals surface area contributed by atoms with Gasteiger partial charge >= 0.3 is 12.1 Å². The van der Waals surface area contributed by atoms with Crippen LogP contribution in [0.15, 0.2) is 24.3 Å². The predicted octanol–water partition coefficient (Wildman–Crippen LogP) is 3.08. The minimum absolute atomic E-state index is 0.236. The minimum Gasteiger partial charge on any atom is -0.480 e. The molecule has 1 aliphatic carbocycles. The molecule has 1 aromatic rings. The van der Waals surface area contributed by atoms with E-state index < -0.39 is 23.7 Å². The van der Waals surface area contributed by atoms with E-state index in [1.807, 2.05) is 24.3 Å². The summed E-state index contributed by atoms with van der Waals surface area (Å²) in [5, 5.41) is 11.7. The quantitative estimate of drug-likeness (QED) is 0.876. The SMILES string of the molecule is CC(C)(C)OC(=O)N[C@H](Cc1ccc(C2CC2)cc1)C(=O)O. The number of carbonyl (C=O) groups is 2. The molecule has 2 rings (SSSR count). The van der Waals surface area contributed by atoms with Crippen molar-refractivity contribution in [2.45, 2.75) is 57.6 Å². The van der Waals surface area contributed by atoms with E-state index >= 15 is 0 Å². The van der Waals surface area contributed by atoms with Gasteiger partial charge in [-0.3, -0.25) is 0 Å². The highest BCUT2D eigenvalue weighted by molar-refractivity contribution is 5.80. The van der Waals surface area contributed by atoms with Gasteiger partial charge in [-0.15, -0.1) is 0 Å². The highest BCUT2D eigenvalue weighted by atomic mass is 16.6. The Morgan fingerprint density at radius 2 is 1.86 bits per heavy atom. The van der Waals surface area contributed by atoms with Crippen molar-refractivity contribution in [3.8, 4) is 0 Å². The second kappa shape index (κ2) is 6.38. The van der Waals surface area contributed by atoms with E-state index in [0.29, 0.717) is 5.92 Å². The Bertz CT molecular complexity index is 541. The van der Waals surface area contributed by atoms with Crippen molar-refractivity contribution < 1.29 is 19.4 Å². The zero-order valence-electron chi connectivity index (χ0n) is 13.3. The van der Waals surface area contributed by atoms with Crippen LogP contribution in [0.5, 0.6) is 0 Å². The molecule has 2 N–H and O–H groups in total. The maximum absolute atomic E-state index is 11.7. The van der Waals surface area contributed by atoms with Crippen molar-refractivity contribution in [3.63, 3.8) is 0 Å². The van der Waals surface area contributed by atoms with Gasteiger partial charge in [0.1, 0.15) is 11.6 Å². The molecular weight excluding hydrogens is 282 g/mol. The van der Waals surface area contributed by atoms with Gasteiger partial charge < -0.3 is 15.2 Å². The van der Waals surface area contributed by atoms with E-state index in [-0.39, 0.29) is 6.42 Å². The van der Waals surface area contributed by atoms with E-state index in [9.17, 15) is 14.7 Å². The second-order valence-corrected chi connectivity index (χ2v) is 6.76. The van der Waals surface area contributed by atoms with Crippen LogP contribution in [0.3, 0.4) is 0 Å². The first kappa shape index (κ1) is 16.3. The third-order valence-corrected chi connectivity index (χ3v) is 3.46. The number of hydrogen-bond acceptors (Lipinski definition) is 3. The number of ether oxygens (including phenoxy) is 1. The summed E-state index contributed by atoms with van der Waals surface area (Å²) >= 11 is 0. The summed E-state index contributed by atoms with van der Waals surface area (Å²) in [5.74, 6) is -0.402. The first-order chi connectivity index (χ1) is 10.2. The first-order valence-electron chi connectivity index (χ1n) is 7.56. The van der Waals surface area contributed by atoms with Gasteiger partial charge in [0, 0.05) is 6.42 Å². The molecule has 0 spiro atoms. The van der Waals surface area contributed by atoms with Gasteiger partial charge in [-0.25, -0.2) is 9.59 Å². The van der Waals surface area contributed by atoms with Gasteiger partial charge in [0.05, 0.1) is 0 Å². The molecule has 1 atom stereocenters. The van der Waals surface area contributed by atoms with Crippen LogP contribution in [0, 0.1) is 0 Å². The molecule has 0 unspecified atom stereocenters. The third-order valence-electron chi connectivity index (χ3n) is 3.46. The largest absolute Gasteiger partial charge is 0.480 e. The lowest BCUT2D eigenvalue weighted by Gasteiger charge is -2.22. The lowest BCUT2D eigenvalue weighted by molar-refractivity contribution is -0.139. The van der Waals surface area contributed by atoms with Crippen LogP contribution in [0.2, 0.25) is 0 Å². The molecule has 0 aliphatic heterocycles. The summed E-state index contributed by atoms with van der Waals surface area (Å²) in [6, 6.07) is 6.95. The van der Waals surface area contributed by atoms with E-state index in [2.05, 4.69) is 5.32 Å². The summed E-state index contributed by atoms with van der Waals surface area (Å²) < 4.78 is 5.10. The molecule has 120 valence electrons. The van der Waals surface area contributed by atoms with Crippen LogP contribution in [0.4, 0.5) is 4.79 Å². The van der Waals surface area contributed by atoms with Gasteiger partial charge in [0.25, 0.3) is 0 Å². The lowest BCUT2D eigenvalue weighted by Crippen LogP contribution is -2.44. The van der Waals surface area contributed by atoms with Gasteiger partial charge in [-0.2, -0.15) is 0 Å². The van der Waals surface area contributed by atoms with Gasteiger partial charge in [0.2, 0.25) is 0 Å². The van der Waals surface area contributed by atoms with Crippen molar-refractivity contribution in [1.29, 1.82) is 0 Å². The van der Waals surface area contributed by atoms with Crippen LogP contribution < -0.4 is 5.32 Å². The van der Waals surface area contributed by atoms with Gasteiger partial charge in [0.15, 0.2) is 0 Å². The standard InChI is InChI=1S/C17H23NO4/c1-17(2,3)22-16(21)18-14(15(19)20)10-11-4-6-12(7-5-11)13-8-9-13/h4-7,13-14H,8-10H2,1-3H3,(H,18,21)(H,19,20)/t14-/m1/s1. The fourth-order valence-corrected chi connectivity index (χ4v) is 2.23. The molecule has 1 amide bonds. The number of amides is 1. The fraction of sp³-hybridized carbons (Fsp3) is 0.529. The molecule has 1 fully saturated rings. The highest BCUT2D eigenvalue weighted by Crippen LogP contribution is 2.39. The molecule has 0 aromatic heterocycles. The Labute approximate surface area is 130 Å². The van der Waals surface area contributed by atoms with Crippen LogP contribution in [0.1, 0.15) is 50.7 Å². The molecule has 0 bridgehead atoms. The van der Waals surface area contributed by atoms with Gasteiger partial charge in [-0.1, -0.05) is 24.3 Å². The molecule has 0 radical (unpaired) electrons. The number of carboxylic acids is 1. The molecule has 5 nitrogen and oxygen atoms in total. The number of hydrogen-bond donors (Lipinski definition) is 2. The van der Waals surface area contributed by atoms with E-state index in [1.165, 1.54) is 18.4 Å². The fourth-order valence-electron chi connectivity index (χ4n) is 2.23. The van der Waals surface area contributed by atoms with Crippen molar-refractivity contribution in [1.82, 2.24) is 5.32 Å². The maximum atomic E-state index is 11.7. The topological polar surface area (TPSA) is 75.6 Å². The molecule has 22 heavy (non-hydrogen) atoms. The number of carboxylic acid groups (broad SMARTS) is 1. The monoisotopic (exact) mass is 305 g/mol. The molecule has 0 heterocycles. The number of benzene rings is 1. The molecular formula is C17H23NO4. The molecule has 1 aliphatic rings. The normalized spacial score (nSPS) is 16.0. The summed E-state index contributed by atoms with van der Waals surface area (Å²) in [7, 11) is 0. The van der Waals surface area contributed by atoms with Crippen molar-refractivity contribution in [3.05, 3.63) is 35.4 Å². The number of aliphatic carboxylic acids is 1. The summed E-state index contributed by atoms with van der Waals surface area (Å²) in [4.78, 5) is 23.0. The van der Waals surface area contributed by atoms with E-state index in [4.69, 9.17) is 4.74 Å². The predicted molar refractivity (Wildman–Crippen MR) is 82.9 cm³/mol. The zero-order valence-corrected chi connectivity index (χ0v) is 13.3. The Balaban J connectivity index is 1.96. The van der Waals surface area contributed by atoms with Crippen molar-refractivity contribution in [2.24, 2.45) is 0 Å². The Hall–Kier alpha value is -2.04. The van der Waals surface area contributed by atoms with Crippen LogP contribution in [0.25, 0.3) is 0 Å². The number of nitrogens with one attached hydrogen (secondary N) is 1. The number of alkyl carbamates (subject to hydrolysis) is 1. The number of rotatable bonds is 5.